The number of carboxylic acid groups (broad SMARTS) is 1. The van der Waals surface area contributed by atoms with Gasteiger partial charge in [-0.15, -0.1) is 0 Å². The topological polar surface area (TPSA) is 70.5 Å². The number of pyridine rings is 1. The van der Waals surface area contributed by atoms with Gasteiger partial charge < -0.3 is 10.0 Å². The molecule has 1 rings (SSSR count). The molecule has 0 fully saturated rings. The second-order valence-corrected chi connectivity index (χ2v) is 5.10. The van der Waals surface area contributed by atoms with E-state index in [-0.39, 0.29) is 5.69 Å². The first-order chi connectivity index (χ1) is 8.32. The van der Waals surface area contributed by atoms with Crippen LogP contribution in [0.1, 0.15) is 31.3 Å². The lowest BCUT2D eigenvalue weighted by atomic mass is 10.0. The van der Waals surface area contributed by atoms with Crippen LogP contribution in [-0.2, 0) is 4.79 Å². The number of aliphatic carboxylic acids is 1. The quantitative estimate of drug-likeness (QED) is 0.924. The fourth-order valence-corrected chi connectivity index (χ4v) is 2.00. The van der Waals surface area contributed by atoms with Crippen LogP contribution in [0.5, 0.6) is 0 Å². The molecular weight excluding hydrogens is 300 g/mol. The van der Waals surface area contributed by atoms with E-state index in [2.05, 4.69) is 20.9 Å². The van der Waals surface area contributed by atoms with E-state index in [0.717, 1.165) is 0 Å². The molecular formula is C12H15BrN2O3. The van der Waals surface area contributed by atoms with Gasteiger partial charge in [0.1, 0.15) is 11.2 Å². The average molecular weight is 315 g/mol. The second kappa shape index (κ2) is 5.48. The summed E-state index contributed by atoms with van der Waals surface area (Å²) in [4.78, 5) is 28.8. The minimum atomic E-state index is -1.28. The summed E-state index contributed by atoms with van der Waals surface area (Å²) in [5.74, 6) is -1.46. The van der Waals surface area contributed by atoms with Crippen LogP contribution >= 0.6 is 15.9 Å². The highest BCUT2D eigenvalue weighted by molar-refractivity contribution is 9.10. The summed E-state index contributed by atoms with van der Waals surface area (Å²) in [6.07, 6.45) is 1.50. The Kier molecular flexibility index (Phi) is 4.45. The van der Waals surface area contributed by atoms with Crippen molar-refractivity contribution in [3.05, 3.63) is 28.5 Å². The average Bonchev–Trinajstić information content (AvgIpc) is 2.29. The SMILES string of the molecule is CCN(C(=O)c1ncccc1Br)C(C)(C)C(=O)O. The van der Waals surface area contributed by atoms with Crippen LogP contribution in [0.15, 0.2) is 22.8 Å². The van der Waals surface area contributed by atoms with Gasteiger partial charge in [0.2, 0.25) is 0 Å². The fourth-order valence-electron chi connectivity index (χ4n) is 1.58. The van der Waals surface area contributed by atoms with E-state index in [0.29, 0.717) is 11.0 Å². The van der Waals surface area contributed by atoms with E-state index >= 15 is 0 Å². The third-order valence-electron chi connectivity index (χ3n) is 2.72. The maximum atomic E-state index is 12.3. The molecule has 0 atom stereocenters. The number of likely N-dealkylation sites (N-methyl/N-ethyl adjacent to an activating group) is 1. The van der Waals surface area contributed by atoms with Crippen molar-refractivity contribution in [2.24, 2.45) is 0 Å². The molecule has 0 aliphatic carbocycles. The van der Waals surface area contributed by atoms with Crippen molar-refractivity contribution in [2.45, 2.75) is 26.3 Å². The molecule has 18 heavy (non-hydrogen) atoms. The van der Waals surface area contributed by atoms with Crippen molar-refractivity contribution in [1.82, 2.24) is 9.88 Å². The van der Waals surface area contributed by atoms with Crippen molar-refractivity contribution < 1.29 is 14.7 Å². The Labute approximate surface area is 114 Å². The Bertz CT molecular complexity index is 474. The fraction of sp³-hybridized carbons (Fsp3) is 0.417. The molecule has 0 saturated carbocycles. The first-order valence-corrected chi connectivity index (χ1v) is 6.27. The molecule has 98 valence electrons. The number of hydrogen-bond acceptors (Lipinski definition) is 3. The van der Waals surface area contributed by atoms with Crippen LogP contribution in [0, 0.1) is 0 Å². The van der Waals surface area contributed by atoms with Crippen molar-refractivity contribution in [3.8, 4) is 0 Å². The molecule has 1 heterocycles. The van der Waals surface area contributed by atoms with Gasteiger partial charge in [0, 0.05) is 17.2 Å². The normalized spacial score (nSPS) is 11.1. The predicted molar refractivity (Wildman–Crippen MR) is 70.4 cm³/mol. The van der Waals surface area contributed by atoms with E-state index in [1.807, 2.05) is 0 Å². The van der Waals surface area contributed by atoms with E-state index in [1.165, 1.54) is 24.9 Å². The molecule has 5 nitrogen and oxygen atoms in total. The number of carbonyl (C=O) groups is 2. The highest BCUT2D eigenvalue weighted by atomic mass is 79.9. The highest BCUT2D eigenvalue weighted by Gasteiger charge is 2.38. The lowest BCUT2D eigenvalue weighted by Gasteiger charge is -2.34. The zero-order chi connectivity index (χ0) is 13.9. The molecule has 0 spiro atoms. The van der Waals surface area contributed by atoms with Crippen LogP contribution < -0.4 is 0 Å². The van der Waals surface area contributed by atoms with Crippen molar-refractivity contribution >= 4 is 27.8 Å². The zero-order valence-corrected chi connectivity index (χ0v) is 12.1. The summed E-state index contributed by atoms with van der Waals surface area (Å²) >= 11 is 3.24. The first kappa shape index (κ1) is 14.6. The highest BCUT2D eigenvalue weighted by Crippen LogP contribution is 2.21. The standard InChI is InChI=1S/C12H15BrN2O3/c1-4-15(12(2,3)11(17)18)10(16)9-8(13)6-5-7-14-9/h5-7H,4H2,1-3H3,(H,17,18). The third kappa shape index (κ3) is 2.69. The van der Waals surface area contributed by atoms with Crippen molar-refractivity contribution in [3.63, 3.8) is 0 Å². The Morgan fingerprint density at radius 2 is 2.11 bits per heavy atom. The largest absolute Gasteiger partial charge is 0.480 e. The molecule has 0 saturated heterocycles. The Hall–Kier alpha value is -1.43. The van der Waals surface area contributed by atoms with E-state index < -0.39 is 17.4 Å². The van der Waals surface area contributed by atoms with E-state index in [1.54, 1.807) is 19.1 Å². The number of rotatable bonds is 4. The van der Waals surface area contributed by atoms with Crippen LogP contribution in [-0.4, -0.2) is 39.0 Å². The number of carboxylic acids is 1. The molecule has 1 aromatic heterocycles. The summed E-state index contributed by atoms with van der Waals surface area (Å²) in [5, 5.41) is 9.18. The number of carbonyl (C=O) groups excluding carboxylic acids is 1. The summed E-state index contributed by atoms with van der Waals surface area (Å²) in [7, 11) is 0. The van der Waals surface area contributed by atoms with Gasteiger partial charge in [0.15, 0.2) is 0 Å². The summed E-state index contributed by atoms with van der Waals surface area (Å²) in [6, 6.07) is 3.39. The molecule has 0 aliphatic rings. The molecule has 6 heteroatoms. The van der Waals surface area contributed by atoms with E-state index in [9.17, 15) is 14.7 Å². The molecule has 0 bridgehead atoms. The number of hydrogen-bond donors (Lipinski definition) is 1. The van der Waals surface area contributed by atoms with Gasteiger partial charge in [-0.05, 0) is 48.8 Å². The molecule has 0 unspecified atom stereocenters. The predicted octanol–water partition coefficient (Wildman–Crippen LogP) is 2.17. The first-order valence-electron chi connectivity index (χ1n) is 5.48. The van der Waals surface area contributed by atoms with E-state index in [4.69, 9.17) is 0 Å². The van der Waals surface area contributed by atoms with Crippen molar-refractivity contribution in [1.29, 1.82) is 0 Å². The molecule has 0 aromatic carbocycles. The van der Waals surface area contributed by atoms with Crippen LogP contribution in [0.3, 0.4) is 0 Å². The van der Waals surface area contributed by atoms with Gasteiger partial charge in [-0.3, -0.25) is 4.79 Å². The Balaban J connectivity index is 3.16. The van der Waals surface area contributed by atoms with Crippen molar-refractivity contribution in [2.75, 3.05) is 6.54 Å². The smallest absolute Gasteiger partial charge is 0.329 e. The van der Waals surface area contributed by atoms with Gasteiger partial charge in [0.25, 0.3) is 5.91 Å². The third-order valence-corrected chi connectivity index (χ3v) is 3.36. The number of amides is 1. The number of nitrogens with zero attached hydrogens (tertiary/aromatic N) is 2. The number of halogens is 1. The molecule has 1 aromatic rings. The van der Waals surface area contributed by atoms with Crippen LogP contribution in [0.2, 0.25) is 0 Å². The lowest BCUT2D eigenvalue weighted by Crippen LogP contribution is -2.53. The Morgan fingerprint density at radius 1 is 1.50 bits per heavy atom. The molecule has 1 amide bonds. The van der Waals surface area contributed by atoms with Crippen LogP contribution in [0.25, 0.3) is 0 Å². The summed E-state index contributed by atoms with van der Waals surface area (Å²) in [6.45, 7) is 5.02. The minimum absolute atomic E-state index is 0.216. The van der Waals surface area contributed by atoms with Gasteiger partial charge in [-0.2, -0.15) is 0 Å². The zero-order valence-electron chi connectivity index (χ0n) is 10.5. The maximum Gasteiger partial charge on any atom is 0.329 e. The van der Waals surface area contributed by atoms with Crippen LogP contribution in [0.4, 0.5) is 0 Å². The maximum absolute atomic E-state index is 12.3. The van der Waals surface area contributed by atoms with Gasteiger partial charge in [-0.1, -0.05) is 0 Å². The van der Waals surface area contributed by atoms with Gasteiger partial charge >= 0.3 is 5.97 Å². The van der Waals surface area contributed by atoms with Gasteiger partial charge in [0.05, 0.1) is 0 Å². The summed E-state index contributed by atoms with van der Waals surface area (Å²) < 4.78 is 0.551. The Morgan fingerprint density at radius 3 is 2.56 bits per heavy atom. The molecule has 0 radical (unpaired) electrons. The second-order valence-electron chi connectivity index (χ2n) is 4.25. The lowest BCUT2D eigenvalue weighted by molar-refractivity contribution is -0.147. The molecule has 1 N–H and O–H groups in total. The number of aromatic nitrogens is 1. The van der Waals surface area contributed by atoms with Gasteiger partial charge in [-0.25, -0.2) is 9.78 Å². The monoisotopic (exact) mass is 314 g/mol. The minimum Gasteiger partial charge on any atom is -0.480 e. The molecule has 0 aliphatic heterocycles. The summed E-state index contributed by atoms with van der Waals surface area (Å²) in [5.41, 5.74) is -1.06.